The van der Waals surface area contributed by atoms with Gasteiger partial charge in [-0.3, -0.25) is 19.2 Å². The summed E-state index contributed by atoms with van der Waals surface area (Å²) in [6, 6.07) is 25.1. The Hall–Kier alpha value is -12.6. The summed E-state index contributed by atoms with van der Waals surface area (Å²) in [6.07, 6.45) is 9.92. The molecule has 8 amide bonds. The van der Waals surface area contributed by atoms with Gasteiger partial charge in [-0.15, -0.1) is 0 Å². The van der Waals surface area contributed by atoms with E-state index in [9.17, 15) is 43.2 Å². The van der Waals surface area contributed by atoms with Crippen molar-refractivity contribution < 1.29 is 85.8 Å². The van der Waals surface area contributed by atoms with Gasteiger partial charge in [0.05, 0.1) is 98.5 Å². The van der Waals surface area contributed by atoms with Crippen LogP contribution in [0, 0.1) is 22.7 Å². The predicted molar refractivity (Wildman–Crippen MR) is 510 cm³/mol. The normalized spacial score (nSPS) is 21.8. The molecule has 136 heavy (non-hydrogen) atoms. The third-order valence-electron chi connectivity index (χ3n) is 28.7. The van der Waals surface area contributed by atoms with Gasteiger partial charge >= 0.3 is 29.8 Å². The van der Waals surface area contributed by atoms with Crippen molar-refractivity contribution in [2.24, 2.45) is 22.7 Å². The number of likely N-dealkylation sites (tertiary alicyclic amines) is 4. The van der Waals surface area contributed by atoms with Gasteiger partial charge in [-0.25, -0.2) is 43.9 Å². The highest BCUT2D eigenvalue weighted by molar-refractivity contribution is 6.61. The van der Waals surface area contributed by atoms with Crippen LogP contribution in [0.15, 0.2) is 97.3 Å². The molecule has 10 aromatic rings. The van der Waals surface area contributed by atoms with Gasteiger partial charge < -0.3 is 103 Å². The van der Waals surface area contributed by atoms with Gasteiger partial charge in [0, 0.05) is 94.9 Å². The molecular formula is C101H125ClN16O18. The first-order valence-corrected chi connectivity index (χ1v) is 47.6. The lowest BCUT2D eigenvalue weighted by atomic mass is 9.75. The minimum absolute atomic E-state index is 0.0287. The molecule has 8 N–H and O–H groups in total. The maximum Gasteiger partial charge on any atom is 0.408 e. The lowest BCUT2D eigenvalue weighted by Crippen LogP contribution is -2.59. The Morgan fingerprint density at radius 2 is 0.794 bits per heavy atom. The second kappa shape index (κ2) is 39.6. The standard InChI is InChI=1S/C51H64N8O8.C48H58N8O8.C2H3ClO2/c1-27(2)41(56-48(62)64-9)46(60)58-28(3)11-17-39(58)45-53-36-15-13-30-23-35-33-14-12-31(22-32(33)26-66-40(35)24-34(30)42(36)55-45)37-25-52-44(54-37)38-16-10-29(4)59(38)47(61)43(51(8)18-20-65-21-19-51)57-49(63)67-50(5,6)7;1-25(2)39(53-46(59)61-6)44(57)55-26(3)9-15-37(55)43-50-34-13-11-28-21-33-31-12-10-29(20-30(31)24-64-38(33)22-32(28)40(34)52-43)35-23-49-42(51-35)36-14-8-27(4)56(36)45(58)41(54-47(60)62-7)48(5)16-18-63-19-17-48;1-5-2(3)4/h12-15,22-25,27-29,38-39,41,43H,10-11,16-21,26H2,1-9H3,(H,52,54)(H,53,55)(H,56,62)(H,57,63);10-13,20-23,25-27,36-37,39,41H,8-9,14-19,24H2,1-7H3,(H,49,51)(H,50,52)(H,53,59)(H,54,60);1H3/t28-,29-,38-,39-,41-,43+;26-,27-,36-,37-,39-,41+;/m00./s1. The average Bonchev–Trinajstić information content (AvgIpc) is 1.50. The largest absolute Gasteiger partial charge is 0.488 e. The number of nitrogens with one attached hydrogen (secondary N) is 8. The smallest absolute Gasteiger partial charge is 0.408 e. The highest BCUT2D eigenvalue weighted by Crippen LogP contribution is 2.50. The summed E-state index contributed by atoms with van der Waals surface area (Å²) < 4.78 is 48.4. The summed E-state index contributed by atoms with van der Waals surface area (Å²) >= 11 is 4.60. The number of hydrogen-bond acceptors (Lipinski definition) is 22. The number of ether oxygens (including phenoxy) is 9. The van der Waals surface area contributed by atoms with Crippen molar-refractivity contribution in [2.75, 3.05) is 54.9 Å². The first-order valence-electron chi connectivity index (χ1n) is 47.2. The fraction of sp³-hybridized carbons (Fsp3) is 0.515. The Balaban J connectivity index is 0.000000188. The lowest BCUT2D eigenvalue weighted by molar-refractivity contribution is -0.142. The van der Waals surface area contributed by atoms with Crippen LogP contribution in [-0.2, 0) is 65.5 Å². The van der Waals surface area contributed by atoms with E-state index in [1.54, 1.807) is 0 Å². The topological polar surface area (TPSA) is 412 Å². The maximum atomic E-state index is 14.7. The van der Waals surface area contributed by atoms with Crippen molar-refractivity contribution in [2.45, 2.75) is 258 Å². The molecule has 0 radical (unpaired) electrons. The second-order valence-electron chi connectivity index (χ2n) is 39.6. The third-order valence-corrected chi connectivity index (χ3v) is 28.9. The third kappa shape index (κ3) is 19.5. The van der Waals surface area contributed by atoms with Crippen LogP contribution in [0.2, 0.25) is 0 Å². The van der Waals surface area contributed by atoms with Crippen molar-refractivity contribution in [1.82, 2.24) is 80.7 Å². The number of nitrogens with zero attached hydrogens (tertiary/aromatic N) is 8. The molecule has 8 aliphatic heterocycles. The fourth-order valence-corrected chi connectivity index (χ4v) is 21.0. The average molecular weight is 1890 g/mol. The summed E-state index contributed by atoms with van der Waals surface area (Å²) in [5.41, 5.74) is 10.7. The highest BCUT2D eigenvalue weighted by atomic mass is 35.5. The highest BCUT2D eigenvalue weighted by Gasteiger charge is 2.52. The number of amides is 8. The van der Waals surface area contributed by atoms with Gasteiger partial charge in [-0.2, -0.15) is 0 Å². The maximum absolute atomic E-state index is 14.7. The minimum Gasteiger partial charge on any atom is -0.488 e. The zero-order valence-corrected chi connectivity index (χ0v) is 81.1. The quantitative estimate of drug-likeness (QED) is 0.0292. The Bertz CT molecular complexity index is 6200. The van der Waals surface area contributed by atoms with Gasteiger partial charge in [0.1, 0.15) is 77.8 Å². The van der Waals surface area contributed by atoms with Gasteiger partial charge in [-0.05, 0) is 230 Å². The number of aromatic nitrogens is 8. The molecule has 0 spiro atoms. The fourth-order valence-electron chi connectivity index (χ4n) is 21.0. The summed E-state index contributed by atoms with van der Waals surface area (Å²) in [7, 11) is 5.12. The monoisotopic (exact) mass is 1880 g/mol. The molecule has 35 heteroatoms. The van der Waals surface area contributed by atoms with E-state index in [-0.39, 0.29) is 83.8 Å². The zero-order valence-electron chi connectivity index (χ0n) is 80.4. The SMILES string of the molecule is COC(=O)Cl.COC(=O)N[C@H](C(=O)N1[C@@H](C)CC[C@H]1c1nc2c(ccc3cc4c(cc32)OCc2cc(-c3cnc([C@@H]5CC[C@H](C)N5C(=O)[C@@H](NC(=O)OC(C)(C)C)C5(C)CCOCC5)[nH]3)ccc2-4)[nH]1)C(C)C.COC(=O)N[C@H](C(=O)N1[C@@H](C)CC[C@H]1c1nc2c(ccc3cc4c(cc32)OCc2cc(-c3cnc([C@@H]5CC[C@H](C)N5C(=O)[C@@H](NC(=O)OC)C5(C)CCOCC5)[nH]3)ccc2-4)[nH]1)C(C)C. The molecular weight excluding hydrogens is 1760 g/mol. The van der Waals surface area contributed by atoms with Crippen LogP contribution in [-0.4, -0.2) is 222 Å². The minimum atomic E-state index is -0.793. The molecule has 6 aromatic carbocycles. The van der Waals surface area contributed by atoms with Crippen LogP contribution in [0.5, 0.6) is 11.5 Å². The number of hydrogen-bond donors (Lipinski definition) is 8. The number of fused-ring (bicyclic) bond motifs is 12. The molecule has 12 atom stereocenters. The molecule has 12 heterocycles. The number of H-pyrrole nitrogens is 4. The molecule has 18 rings (SSSR count). The number of benzene rings is 6. The molecule has 0 bridgehead atoms. The van der Waals surface area contributed by atoms with Crippen LogP contribution < -0.4 is 30.7 Å². The number of halogens is 1. The van der Waals surface area contributed by atoms with E-state index in [0.29, 0.717) is 88.6 Å². The Morgan fingerprint density at radius 3 is 1.15 bits per heavy atom. The van der Waals surface area contributed by atoms with E-state index in [2.05, 4.69) is 144 Å². The van der Waals surface area contributed by atoms with Crippen LogP contribution in [0.3, 0.4) is 0 Å². The number of carbonyl (C=O) groups is 9. The Morgan fingerprint density at radius 1 is 0.441 bits per heavy atom. The number of imidazole rings is 4. The number of aromatic amines is 4. The number of alkyl carbamates (subject to hydrolysis) is 4. The van der Waals surface area contributed by atoms with E-state index >= 15 is 0 Å². The number of rotatable bonds is 18. The number of methoxy groups -OCH3 is 4. The molecule has 0 saturated carbocycles. The molecule has 724 valence electrons. The first kappa shape index (κ1) is 96.6. The summed E-state index contributed by atoms with van der Waals surface area (Å²) in [5.74, 6) is 3.51. The molecule has 6 fully saturated rings. The van der Waals surface area contributed by atoms with E-state index in [1.165, 1.54) is 28.4 Å². The molecule has 34 nitrogen and oxygen atoms in total. The van der Waals surface area contributed by atoms with Gasteiger partial charge in [0.2, 0.25) is 23.6 Å². The molecule has 4 aromatic heterocycles. The van der Waals surface area contributed by atoms with Crippen LogP contribution in [0.25, 0.3) is 88.4 Å². The summed E-state index contributed by atoms with van der Waals surface area (Å²) in [6.45, 7) is 28.2. The van der Waals surface area contributed by atoms with E-state index in [0.717, 1.165) is 162 Å². The summed E-state index contributed by atoms with van der Waals surface area (Å²) in [5, 5.41) is 15.3. The van der Waals surface area contributed by atoms with E-state index in [1.807, 2.05) is 120 Å². The zero-order chi connectivity index (χ0) is 96.8. The molecule has 8 aliphatic rings. The van der Waals surface area contributed by atoms with Gasteiger partial charge in [-0.1, -0.05) is 77.9 Å². The van der Waals surface area contributed by atoms with Crippen LogP contribution in [0.4, 0.5) is 24.0 Å². The number of carbonyl (C=O) groups excluding carboxylic acids is 9. The molecule has 0 unspecified atom stereocenters. The Labute approximate surface area is 794 Å². The van der Waals surface area contributed by atoms with Gasteiger partial charge in [0.25, 0.3) is 0 Å². The molecule has 0 aliphatic carbocycles. The Kier molecular flexibility index (Phi) is 28.1. The molecule has 6 saturated heterocycles. The first-order chi connectivity index (χ1) is 65.0. The van der Waals surface area contributed by atoms with Crippen LogP contribution >= 0.6 is 11.6 Å². The van der Waals surface area contributed by atoms with Crippen molar-refractivity contribution >= 4 is 109 Å². The lowest BCUT2D eigenvalue weighted by Gasteiger charge is -2.43. The van der Waals surface area contributed by atoms with Crippen molar-refractivity contribution in [3.8, 4) is 56.3 Å². The van der Waals surface area contributed by atoms with Crippen molar-refractivity contribution in [3.63, 3.8) is 0 Å². The predicted octanol–water partition coefficient (Wildman–Crippen LogP) is 17.5. The van der Waals surface area contributed by atoms with Gasteiger partial charge in [0.15, 0.2) is 0 Å². The van der Waals surface area contributed by atoms with Crippen molar-refractivity contribution in [1.29, 1.82) is 0 Å². The summed E-state index contributed by atoms with van der Waals surface area (Å²) in [4.78, 5) is 158. The van der Waals surface area contributed by atoms with E-state index in [4.69, 9.17) is 57.8 Å². The second-order valence-corrected chi connectivity index (χ2v) is 39.9. The van der Waals surface area contributed by atoms with Crippen molar-refractivity contribution in [3.05, 3.63) is 132 Å². The van der Waals surface area contributed by atoms with Crippen LogP contribution in [0.1, 0.15) is 226 Å². The van der Waals surface area contributed by atoms with E-state index < -0.39 is 70.4 Å².